The van der Waals surface area contributed by atoms with Crippen molar-refractivity contribution in [2.24, 2.45) is 0 Å². The Balaban J connectivity index is 0.000000247. The Bertz CT molecular complexity index is 1020. The molecule has 0 saturated heterocycles. The van der Waals surface area contributed by atoms with E-state index in [2.05, 4.69) is 0 Å². The van der Waals surface area contributed by atoms with Crippen LogP contribution in [0.3, 0.4) is 0 Å². The largest absolute Gasteiger partial charge is 0.480 e. The topological polar surface area (TPSA) is 140 Å². The second-order valence-corrected chi connectivity index (χ2v) is 7.76. The van der Waals surface area contributed by atoms with Gasteiger partial charge < -0.3 is 28.3 Å². The molecule has 0 unspecified atom stereocenters. The summed E-state index contributed by atoms with van der Waals surface area (Å²) in [6.07, 6.45) is -0.0564. The van der Waals surface area contributed by atoms with Gasteiger partial charge >= 0.3 is 18.2 Å². The summed E-state index contributed by atoms with van der Waals surface area (Å²) in [6.45, 7) is 7.96. The van der Waals surface area contributed by atoms with Crippen LogP contribution in [0.1, 0.15) is 47.2 Å². The van der Waals surface area contributed by atoms with Crippen molar-refractivity contribution in [1.29, 1.82) is 0 Å². The Morgan fingerprint density at radius 3 is 2.40 bits per heavy atom. The number of hydrogen-bond donors (Lipinski definition) is 1. The van der Waals surface area contributed by atoms with Crippen LogP contribution in [0.2, 0.25) is 0 Å². The van der Waals surface area contributed by atoms with E-state index in [0.29, 0.717) is 43.1 Å². The molecule has 2 aromatic heterocycles. The van der Waals surface area contributed by atoms with E-state index in [4.69, 9.17) is 23.4 Å². The summed E-state index contributed by atoms with van der Waals surface area (Å²) in [5.41, 5.74) is 0.592. The number of nitrogens with zero attached hydrogens (tertiary/aromatic N) is 2. The molecule has 1 N–H and O–H groups in total. The SMILES string of the molecule is CCOC(=O)N(CCc1ccc(C)o1)CC(=O)O.CCOC(=O)N1CCc2oc(C)cc2C(=O)C1. The standard InChI is InChI=1S/C12H17NO5.C12H15NO4/c1-3-17-12(16)13(8-11(14)15)7-6-10-5-4-9(2)18-10;1-3-16-12(15)13-5-4-11-9(10(14)7-13)6-8(2)17-11/h4-5H,3,6-8H2,1-2H3,(H,14,15);6H,3-5,7H2,1-2H3. The van der Waals surface area contributed by atoms with Crippen LogP contribution in [-0.4, -0.2) is 78.2 Å². The van der Waals surface area contributed by atoms with E-state index in [0.717, 1.165) is 16.4 Å². The van der Waals surface area contributed by atoms with Crippen LogP contribution in [0.4, 0.5) is 9.59 Å². The lowest BCUT2D eigenvalue weighted by atomic mass is 10.1. The maximum absolute atomic E-state index is 11.9. The molecule has 0 radical (unpaired) electrons. The van der Waals surface area contributed by atoms with Gasteiger partial charge in [-0.1, -0.05) is 0 Å². The first-order valence-corrected chi connectivity index (χ1v) is 11.4. The summed E-state index contributed by atoms with van der Waals surface area (Å²) >= 11 is 0. The van der Waals surface area contributed by atoms with Crippen molar-refractivity contribution < 1.29 is 42.6 Å². The highest BCUT2D eigenvalue weighted by molar-refractivity contribution is 6.00. The summed E-state index contributed by atoms with van der Waals surface area (Å²) in [7, 11) is 0. The van der Waals surface area contributed by atoms with Crippen LogP contribution in [0.15, 0.2) is 27.0 Å². The van der Waals surface area contributed by atoms with Crippen LogP contribution in [-0.2, 0) is 27.1 Å². The third kappa shape index (κ3) is 8.51. The summed E-state index contributed by atoms with van der Waals surface area (Å²) in [5.74, 6) is 1.73. The van der Waals surface area contributed by atoms with Gasteiger partial charge in [-0.15, -0.1) is 0 Å². The predicted octanol–water partition coefficient (Wildman–Crippen LogP) is 3.46. The molecule has 0 atom stereocenters. The zero-order valence-corrected chi connectivity index (χ0v) is 20.5. The number of ether oxygens (including phenoxy) is 2. The Kier molecular flexibility index (Phi) is 10.4. The summed E-state index contributed by atoms with van der Waals surface area (Å²) < 4.78 is 20.5. The second-order valence-electron chi connectivity index (χ2n) is 7.76. The molecular weight excluding hydrogens is 460 g/mol. The number of amides is 2. The van der Waals surface area contributed by atoms with Crippen molar-refractivity contribution in [1.82, 2.24) is 9.80 Å². The number of aryl methyl sites for hydroxylation is 2. The lowest BCUT2D eigenvalue weighted by Crippen LogP contribution is -2.37. The van der Waals surface area contributed by atoms with Gasteiger partial charge in [-0.05, 0) is 45.9 Å². The van der Waals surface area contributed by atoms with Crippen molar-refractivity contribution in [2.75, 3.05) is 39.4 Å². The van der Waals surface area contributed by atoms with E-state index in [1.165, 1.54) is 4.90 Å². The monoisotopic (exact) mass is 492 g/mol. The van der Waals surface area contributed by atoms with Crippen molar-refractivity contribution in [3.8, 4) is 0 Å². The van der Waals surface area contributed by atoms with E-state index < -0.39 is 18.2 Å². The van der Waals surface area contributed by atoms with Crippen LogP contribution < -0.4 is 0 Å². The molecule has 0 saturated carbocycles. The summed E-state index contributed by atoms with van der Waals surface area (Å²) in [4.78, 5) is 48.2. The predicted molar refractivity (Wildman–Crippen MR) is 123 cm³/mol. The average Bonchev–Trinajstić information content (AvgIpc) is 3.35. The Morgan fingerprint density at radius 2 is 1.80 bits per heavy atom. The minimum Gasteiger partial charge on any atom is -0.480 e. The molecule has 11 nitrogen and oxygen atoms in total. The third-order valence-corrected chi connectivity index (χ3v) is 4.98. The molecule has 3 heterocycles. The minimum atomic E-state index is -1.07. The lowest BCUT2D eigenvalue weighted by molar-refractivity contribution is -0.138. The Labute approximate surface area is 203 Å². The number of rotatable bonds is 7. The molecule has 0 aromatic carbocycles. The van der Waals surface area contributed by atoms with Gasteiger partial charge in [0.15, 0.2) is 5.78 Å². The minimum absolute atomic E-state index is 0.0603. The van der Waals surface area contributed by atoms with E-state index in [9.17, 15) is 19.2 Å². The average molecular weight is 493 g/mol. The van der Waals surface area contributed by atoms with Crippen molar-refractivity contribution in [3.05, 3.63) is 46.8 Å². The second kappa shape index (κ2) is 13.2. The first kappa shape index (κ1) is 27.5. The zero-order valence-electron chi connectivity index (χ0n) is 20.5. The highest BCUT2D eigenvalue weighted by atomic mass is 16.6. The van der Waals surface area contributed by atoms with Gasteiger partial charge in [0.05, 0.1) is 25.3 Å². The van der Waals surface area contributed by atoms with Crippen molar-refractivity contribution in [2.45, 2.75) is 40.5 Å². The number of furan rings is 2. The van der Waals surface area contributed by atoms with Crippen molar-refractivity contribution in [3.63, 3.8) is 0 Å². The van der Waals surface area contributed by atoms with Crippen LogP contribution in [0, 0.1) is 13.8 Å². The molecule has 35 heavy (non-hydrogen) atoms. The first-order chi connectivity index (χ1) is 16.6. The number of ketones is 1. The summed E-state index contributed by atoms with van der Waals surface area (Å²) in [5, 5.41) is 8.73. The van der Waals surface area contributed by atoms with Crippen LogP contribution in [0.25, 0.3) is 0 Å². The highest BCUT2D eigenvalue weighted by Gasteiger charge is 2.27. The molecular formula is C24H32N2O9. The fourth-order valence-corrected chi connectivity index (χ4v) is 3.41. The molecule has 0 bridgehead atoms. The van der Waals surface area contributed by atoms with Gasteiger partial charge in [0.2, 0.25) is 0 Å². The number of carbonyl (C=O) groups excluding carboxylic acids is 3. The van der Waals surface area contributed by atoms with Gasteiger partial charge in [-0.3, -0.25) is 14.5 Å². The fourth-order valence-electron chi connectivity index (χ4n) is 3.41. The molecule has 0 fully saturated rings. The number of Topliss-reactive ketones (excluding diaryl/α,β-unsaturated/α-hetero) is 1. The molecule has 0 aliphatic carbocycles. The molecule has 1 aliphatic heterocycles. The molecule has 2 amide bonds. The maximum atomic E-state index is 11.9. The zero-order chi connectivity index (χ0) is 26.0. The van der Waals surface area contributed by atoms with E-state index in [1.807, 2.05) is 19.9 Å². The smallest absolute Gasteiger partial charge is 0.410 e. The van der Waals surface area contributed by atoms with Gasteiger partial charge in [0.25, 0.3) is 0 Å². The number of fused-ring (bicyclic) bond motifs is 1. The molecule has 3 rings (SSSR count). The van der Waals surface area contributed by atoms with E-state index in [1.54, 1.807) is 26.0 Å². The first-order valence-electron chi connectivity index (χ1n) is 11.4. The van der Waals surface area contributed by atoms with Gasteiger partial charge in [0.1, 0.15) is 29.6 Å². The molecule has 192 valence electrons. The van der Waals surface area contributed by atoms with E-state index >= 15 is 0 Å². The molecule has 11 heteroatoms. The normalized spacial score (nSPS) is 12.7. The summed E-state index contributed by atoms with van der Waals surface area (Å²) in [6, 6.07) is 5.35. The van der Waals surface area contributed by atoms with Crippen LogP contribution in [0.5, 0.6) is 0 Å². The Morgan fingerprint density at radius 1 is 1.09 bits per heavy atom. The van der Waals surface area contributed by atoms with Gasteiger partial charge in [-0.2, -0.15) is 0 Å². The van der Waals surface area contributed by atoms with Crippen molar-refractivity contribution >= 4 is 23.9 Å². The number of aliphatic carboxylic acids is 1. The fraction of sp³-hybridized carbons (Fsp3) is 0.500. The van der Waals surface area contributed by atoms with E-state index in [-0.39, 0.29) is 32.0 Å². The highest BCUT2D eigenvalue weighted by Crippen LogP contribution is 2.20. The molecule has 1 aliphatic rings. The number of carboxylic acid groups (broad SMARTS) is 1. The number of hydrogen-bond acceptors (Lipinski definition) is 8. The van der Waals surface area contributed by atoms with Gasteiger partial charge in [0, 0.05) is 25.9 Å². The van der Waals surface area contributed by atoms with Crippen LogP contribution >= 0.6 is 0 Å². The Hall–Kier alpha value is -3.76. The molecule has 2 aromatic rings. The number of carboxylic acids is 1. The quantitative estimate of drug-likeness (QED) is 0.615. The number of carbonyl (C=O) groups is 4. The maximum Gasteiger partial charge on any atom is 0.410 e. The molecule has 0 spiro atoms. The third-order valence-electron chi connectivity index (χ3n) is 4.98. The lowest BCUT2D eigenvalue weighted by Gasteiger charge is -2.19. The van der Waals surface area contributed by atoms with Gasteiger partial charge in [-0.25, -0.2) is 9.59 Å².